The molecule has 1 heterocycles. The van der Waals surface area contributed by atoms with E-state index in [0.29, 0.717) is 17.3 Å². The summed E-state index contributed by atoms with van der Waals surface area (Å²) in [5, 5.41) is 3.21. The number of halogens is 1. The number of hydrogen-bond acceptors (Lipinski definition) is 3. The molecule has 0 spiro atoms. The van der Waals surface area contributed by atoms with E-state index in [0.717, 1.165) is 13.0 Å². The van der Waals surface area contributed by atoms with E-state index in [2.05, 4.69) is 27.3 Å². The van der Waals surface area contributed by atoms with E-state index < -0.39 is 0 Å². The monoisotopic (exact) mass is 303 g/mol. The number of nitrogens with one attached hydrogen (secondary N) is 1. The van der Waals surface area contributed by atoms with Crippen LogP contribution in [0.1, 0.15) is 16.8 Å². The van der Waals surface area contributed by atoms with Gasteiger partial charge in [-0.1, -0.05) is 29.8 Å². The molecule has 0 atom stereocenters. The fraction of sp³-hybridized carbons (Fsp3) is 0.250. The first kappa shape index (κ1) is 15.3. The lowest BCUT2D eigenvalue weighted by atomic mass is 10.2. The normalized spacial score (nSPS) is 10.2. The lowest BCUT2D eigenvalue weighted by Crippen LogP contribution is -2.28. The summed E-state index contributed by atoms with van der Waals surface area (Å²) in [7, 11) is 2.04. The summed E-state index contributed by atoms with van der Waals surface area (Å²) in [5.41, 5.74) is 1.70. The summed E-state index contributed by atoms with van der Waals surface area (Å²) in [5.74, 6) is -0.123. The Kier molecular flexibility index (Phi) is 5.58. The highest BCUT2D eigenvalue weighted by molar-refractivity contribution is 6.29. The third-order valence-corrected chi connectivity index (χ3v) is 3.35. The zero-order chi connectivity index (χ0) is 15.1. The number of carbonyl (C=O) groups excluding carboxylic acids is 1. The van der Waals surface area contributed by atoms with E-state index in [1.54, 1.807) is 12.1 Å². The van der Waals surface area contributed by atoms with E-state index in [4.69, 9.17) is 11.6 Å². The average Bonchev–Trinajstić information content (AvgIpc) is 2.52. The maximum Gasteiger partial charge on any atom is 0.251 e. The molecule has 2 aromatic rings. The van der Waals surface area contributed by atoms with E-state index in [1.807, 2.05) is 25.2 Å². The van der Waals surface area contributed by atoms with Crippen LogP contribution in [-0.2, 0) is 0 Å². The van der Waals surface area contributed by atoms with E-state index >= 15 is 0 Å². The number of aromatic nitrogens is 1. The van der Waals surface area contributed by atoms with Crippen LogP contribution in [0.4, 0.5) is 5.69 Å². The number of para-hydroxylation sites is 1. The van der Waals surface area contributed by atoms with Gasteiger partial charge in [0, 0.05) is 37.6 Å². The summed E-state index contributed by atoms with van der Waals surface area (Å²) in [6.45, 7) is 1.50. The molecule has 0 bridgehead atoms. The molecule has 4 nitrogen and oxygen atoms in total. The molecular weight excluding hydrogens is 286 g/mol. The number of benzene rings is 1. The molecular formula is C16H18ClN3O. The van der Waals surface area contributed by atoms with Crippen molar-refractivity contribution in [2.24, 2.45) is 0 Å². The van der Waals surface area contributed by atoms with Crippen molar-refractivity contribution in [1.82, 2.24) is 10.3 Å². The van der Waals surface area contributed by atoms with Crippen molar-refractivity contribution in [3.63, 3.8) is 0 Å². The summed E-state index contributed by atoms with van der Waals surface area (Å²) < 4.78 is 0. The van der Waals surface area contributed by atoms with E-state index in [-0.39, 0.29) is 5.91 Å². The Morgan fingerprint density at radius 3 is 2.76 bits per heavy atom. The van der Waals surface area contributed by atoms with Crippen LogP contribution in [0.15, 0.2) is 48.7 Å². The quantitative estimate of drug-likeness (QED) is 0.659. The summed E-state index contributed by atoms with van der Waals surface area (Å²) in [6.07, 6.45) is 2.40. The van der Waals surface area contributed by atoms with Gasteiger partial charge in [-0.3, -0.25) is 4.79 Å². The van der Waals surface area contributed by atoms with Crippen LogP contribution >= 0.6 is 11.6 Å². The highest BCUT2D eigenvalue weighted by Crippen LogP contribution is 2.11. The van der Waals surface area contributed by atoms with Gasteiger partial charge in [0.05, 0.1) is 0 Å². The molecule has 0 saturated carbocycles. The van der Waals surface area contributed by atoms with E-state index in [9.17, 15) is 4.79 Å². The van der Waals surface area contributed by atoms with Crippen LogP contribution in [-0.4, -0.2) is 31.0 Å². The van der Waals surface area contributed by atoms with Crippen molar-refractivity contribution in [3.05, 3.63) is 59.4 Å². The van der Waals surface area contributed by atoms with Crippen molar-refractivity contribution in [2.75, 3.05) is 25.0 Å². The average molecular weight is 304 g/mol. The van der Waals surface area contributed by atoms with Crippen molar-refractivity contribution in [3.8, 4) is 0 Å². The number of carbonyl (C=O) groups is 1. The smallest absolute Gasteiger partial charge is 0.251 e. The first-order chi connectivity index (χ1) is 10.2. The molecule has 0 fully saturated rings. The van der Waals surface area contributed by atoms with Gasteiger partial charge in [-0.15, -0.1) is 0 Å². The van der Waals surface area contributed by atoms with Gasteiger partial charge in [0.1, 0.15) is 5.15 Å². The second-order valence-corrected chi connectivity index (χ2v) is 5.12. The van der Waals surface area contributed by atoms with Crippen LogP contribution in [0.3, 0.4) is 0 Å². The molecule has 1 amide bonds. The Balaban J connectivity index is 1.74. The molecule has 1 aromatic heterocycles. The minimum Gasteiger partial charge on any atom is -0.375 e. The van der Waals surface area contributed by atoms with Gasteiger partial charge < -0.3 is 10.2 Å². The molecule has 0 aliphatic rings. The highest BCUT2D eigenvalue weighted by atomic mass is 35.5. The summed E-state index contributed by atoms with van der Waals surface area (Å²) in [4.78, 5) is 17.9. The molecule has 0 radical (unpaired) electrons. The van der Waals surface area contributed by atoms with Crippen LogP contribution in [0.2, 0.25) is 5.15 Å². The minimum absolute atomic E-state index is 0.123. The first-order valence-corrected chi connectivity index (χ1v) is 7.20. The maximum atomic E-state index is 11.9. The van der Waals surface area contributed by atoms with Gasteiger partial charge in [-0.2, -0.15) is 0 Å². The Hall–Kier alpha value is -2.07. The van der Waals surface area contributed by atoms with Crippen LogP contribution in [0.5, 0.6) is 0 Å². The third kappa shape index (κ3) is 4.76. The molecule has 21 heavy (non-hydrogen) atoms. The largest absolute Gasteiger partial charge is 0.375 e. The standard InChI is InChI=1S/C16H18ClN3O/c1-20(14-6-3-2-4-7-14)11-5-9-19-16(21)13-8-10-18-15(17)12-13/h2-4,6-8,10,12H,5,9,11H2,1H3,(H,19,21). The number of amides is 1. The Bertz CT molecular complexity index is 589. The number of anilines is 1. The van der Waals surface area contributed by atoms with Gasteiger partial charge in [0.2, 0.25) is 0 Å². The number of pyridine rings is 1. The van der Waals surface area contributed by atoms with Gasteiger partial charge in [-0.05, 0) is 30.7 Å². The van der Waals surface area contributed by atoms with Crippen molar-refractivity contribution >= 4 is 23.2 Å². The van der Waals surface area contributed by atoms with Crippen LogP contribution in [0, 0.1) is 0 Å². The maximum absolute atomic E-state index is 11.9. The lowest BCUT2D eigenvalue weighted by Gasteiger charge is -2.19. The fourth-order valence-electron chi connectivity index (χ4n) is 1.98. The zero-order valence-corrected chi connectivity index (χ0v) is 12.7. The molecule has 2 rings (SSSR count). The lowest BCUT2D eigenvalue weighted by molar-refractivity contribution is 0.0953. The van der Waals surface area contributed by atoms with Gasteiger partial charge in [0.25, 0.3) is 5.91 Å². The number of rotatable bonds is 6. The minimum atomic E-state index is -0.123. The van der Waals surface area contributed by atoms with Crippen LogP contribution < -0.4 is 10.2 Å². The Labute approximate surface area is 129 Å². The Morgan fingerprint density at radius 2 is 2.05 bits per heavy atom. The molecule has 0 aliphatic carbocycles. The number of nitrogens with zero attached hydrogens (tertiary/aromatic N) is 2. The number of hydrogen-bond donors (Lipinski definition) is 1. The van der Waals surface area contributed by atoms with Gasteiger partial charge >= 0.3 is 0 Å². The predicted molar refractivity (Wildman–Crippen MR) is 85.9 cm³/mol. The van der Waals surface area contributed by atoms with Crippen molar-refractivity contribution in [1.29, 1.82) is 0 Å². The fourth-order valence-corrected chi connectivity index (χ4v) is 2.15. The summed E-state index contributed by atoms with van der Waals surface area (Å²) in [6, 6.07) is 13.4. The summed E-state index contributed by atoms with van der Waals surface area (Å²) >= 11 is 5.76. The molecule has 110 valence electrons. The van der Waals surface area contributed by atoms with Gasteiger partial charge in [-0.25, -0.2) is 4.98 Å². The first-order valence-electron chi connectivity index (χ1n) is 6.83. The molecule has 0 saturated heterocycles. The second kappa shape index (κ2) is 7.64. The SMILES string of the molecule is CN(CCCNC(=O)c1ccnc(Cl)c1)c1ccccc1. The predicted octanol–water partition coefficient (Wildman–Crippen LogP) is 2.99. The zero-order valence-electron chi connectivity index (χ0n) is 11.9. The highest BCUT2D eigenvalue weighted by Gasteiger charge is 2.06. The van der Waals surface area contributed by atoms with E-state index in [1.165, 1.54) is 11.9 Å². The second-order valence-electron chi connectivity index (χ2n) is 4.73. The molecule has 0 aliphatic heterocycles. The molecule has 0 unspecified atom stereocenters. The third-order valence-electron chi connectivity index (χ3n) is 3.14. The topological polar surface area (TPSA) is 45.2 Å². The van der Waals surface area contributed by atoms with Crippen molar-refractivity contribution < 1.29 is 4.79 Å². The Morgan fingerprint density at radius 1 is 1.29 bits per heavy atom. The molecule has 1 N–H and O–H groups in total. The molecule has 1 aromatic carbocycles. The van der Waals surface area contributed by atoms with Crippen molar-refractivity contribution in [2.45, 2.75) is 6.42 Å². The van der Waals surface area contributed by atoms with Crippen LogP contribution in [0.25, 0.3) is 0 Å². The van der Waals surface area contributed by atoms with Gasteiger partial charge in [0.15, 0.2) is 0 Å². The molecule has 5 heteroatoms.